The maximum atomic E-state index is 12.3. The molecule has 0 fully saturated rings. The van der Waals surface area contributed by atoms with Crippen LogP contribution in [0.15, 0.2) is 29.1 Å². The molecule has 1 aliphatic heterocycles. The van der Waals surface area contributed by atoms with Crippen molar-refractivity contribution in [3.05, 3.63) is 45.9 Å². The number of fused-ring (bicyclic) bond motifs is 1. The predicted molar refractivity (Wildman–Crippen MR) is 88.5 cm³/mol. The van der Waals surface area contributed by atoms with E-state index < -0.39 is 0 Å². The quantitative estimate of drug-likeness (QED) is 0.850. The number of benzene rings is 1. The highest BCUT2D eigenvalue weighted by Crippen LogP contribution is 2.20. The number of nitrogens with two attached hydrogens (primary N) is 1. The van der Waals surface area contributed by atoms with Gasteiger partial charge in [-0.05, 0) is 36.6 Å². The summed E-state index contributed by atoms with van der Waals surface area (Å²) < 4.78 is 0. The second-order valence-electron chi connectivity index (χ2n) is 6.34. The molecular formula is C17H22N4O. The molecule has 5 heteroatoms. The molecule has 2 aromatic rings. The first kappa shape index (κ1) is 14.8. The fourth-order valence-electron chi connectivity index (χ4n) is 2.94. The number of aromatic amines is 1. The Morgan fingerprint density at radius 1 is 1.32 bits per heavy atom. The average Bonchev–Trinajstić information content (AvgIpc) is 2.47. The van der Waals surface area contributed by atoms with Gasteiger partial charge in [-0.2, -0.15) is 0 Å². The Morgan fingerprint density at radius 3 is 2.73 bits per heavy atom. The number of rotatable bonds is 3. The highest BCUT2D eigenvalue weighted by molar-refractivity contribution is 5.58. The summed E-state index contributed by atoms with van der Waals surface area (Å²) in [6, 6.07) is 7.41. The highest BCUT2D eigenvalue weighted by atomic mass is 16.1. The summed E-state index contributed by atoms with van der Waals surface area (Å²) in [6.45, 7) is 7.13. The first-order valence-corrected chi connectivity index (χ1v) is 7.73. The van der Waals surface area contributed by atoms with Gasteiger partial charge in [0.15, 0.2) is 0 Å². The molecule has 1 aliphatic rings. The van der Waals surface area contributed by atoms with Gasteiger partial charge in [-0.15, -0.1) is 0 Å². The van der Waals surface area contributed by atoms with Crippen LogP contribution >= 0.6 is 0 Å². The van der Waals surface area contributed by atoms with Crippen molar-refractivity contribution in [2.45, 2.75) is 26.8 Å². The van der Waals surface area contributed by atoms with E-state index >= 15 is 0 Å². The number of hydrogen-bond donors (Lipinski definition) is 2. The summed E-state index contributed by atoms with van der Waals surface area (Å²) >= 11 is 0. The topological polar surface area (TPSA) is 75.0 Å². The van der Waals surface area contributed by atoms with E-state index in [1.165, 1.54) is 0 Å². The van der Waals surface area contributed by atoms with Gasteiger partial charge in [-0.3, -0.25) is 9.69 Å². The molecular weight excluding hydrogens is 276 g/mol. The zero-order valence-electron chi connectivity index (χ0n) is 13.1. The van der Waals surface area contributed by atoms with Crippen LogP contribution in [0.25, 0.3) is 11.4 Å². The predicted octanol–water partition coefficient (Wildman–Crippen LogP) is 2.03. The number of aromatic nitrogens is 2. The van der Waals surface area contributed by atoms with Crippen molar-refractivity contribution >= 4 is 5.69 Å². The van der Waals surface area contributed by atoms with Crippen LogP contribution < -0.4 is 11.3 Å². The van der Waals surface area contributed by atoms with Gasteiger partial charge in [0, 0.05) is 36.4 Å². The third kappa shape index (κ3) is 3.04. The number of H-pyrrole nitrogens is 1. The van der Waals surface area contributed by atoms with E-state index in [4.69, 9.17) is 10.7 Å². The molecule has 3 rings (SSSR count). The number of nitrogens with one attached hydrogen (secondary N) is 1. The van der Waals surface area contributed by atoms with Crippen LogP contribution in [0.5, 0.6) is 0 Å². The van der Waals surface area contributed by atoms with E-state index in [1.807, 2.05) is 24.3 Å². The second kappa shape index (κ2) is 5.93. The molecule has 3 N–H and O–H groups in total. The number of nitrogens with zero attached hydrogens (tertiary/aromatic N) is 2. The van der Waals surface area contributed by atoms with Gasteiger partial charge in [0.2, 0.25) is 0 Å². The zero-order valence-corrected chi connectivity index (χ0v) is 13.1. The van der Waals surface area contributed by atoms with E-state index in [2.05, 4.69) is 23.7 Å². The van der Waals surface area contributed by atoms with Crippen molar-refractivity contribution < 1.29 is 0 Å². The highest BCUT2D eigenvalue weighted by Gasteiger charge is 2.21. The van der Waals surface area contributed by atoms with Gasteiger partial charge in [0.05, 0.1) is 5.69 Å². The molecule has 1 aromatic carbocycles. The van der Waals surface area contributed by atoms with Crippen molar-refractivity contribution in [1.82, 2.24) is 14.9 Å². The van der Waals surface area contributed by atoms with Gasteiger partial charge in [0.25, 0.3) is 5.56 Å². The maximum absolute atomic E-state index is 12.3. The molecule has 2 heterocycles. The molecule has 0 radical (unpaired) electrons. The van der Waals surface area contributed by atoms with Crippen molar-refractivity contribution in [3.63, 3.8) is 0 Å². The lowest BCUT2D eigenvalue weighted by Gasteiger charge is -2.29. The molecule has 5 nitrogen and oxygen atoms in total. The summed E-state index contributed by atoms with van der Waals surface area (Å²) in [5.41, 5.74) is 9.02. The third-order valence-electron chi connectivity index (χ3n) is 3.96. The Labute approximate surface area is 130 Å². The van der Waals surface area contributed by atoms with Crippen LogP contribution in [-0.2, 0) is 13.0 Å². The molecule has 0 saturated carbocycles. The monoisotopic (exact) mass is 298 g/mol. The third-order valence-corrected chi connectivity index (χ3v) is 3.96. The fraction of sp³-hybridized carbons (Fsp3) is 0.412. The summed E-state index contributed by atoms with van der Waals surface area (Å²) in [5.74, 6) is 1.23. The number of nitrogen functional groups attached to an aromatic ring is 1. The Kier molecular flexibility index (Phi) is 3.98. The minimum atomic E-state index is -0.0129. The molecule has 0 bridgehead atoms. The minimum Gasteiger partial charge on any atom is -0.399 e. The Balaban J connectivity index is 1.94. The van der Waals surface area contributed by atoms with Crippen molar-refractivity contribution in [2.75, 3.05) is 18.8 Å². The van der Waals surface area contributed by atoms with Gasteiger partial charge in [0.1, 0.15) is 5.82 Å². The molecule has 0 aliphatic carbocycles. The van der Waals surface area contributed by atoms with Crippen molar-refractivity contribution in [1.29, 1.82) is 0 Å². The van der Waals surface area contributed by atoms with Crippen LogP contribution in [0.3, 0.4) is 0 Å². The molecule has 0 atom stereocenters. The Morgan fingerprint density at radius 2 is 2.05 bits per heavy atom. The van der Waals surface area contributed by atoms with Gasteiger partial charge >= 0.3 is 0 Å². The first-order chi connectivity index (χ1) is 10.5. The second-order valence-corrected chi connectivity index (χ2v) is 6.34. The first-order valence-electron chi connectivity index (χ1n) is 7.73. The standard InChI is InChI=1S/C17H22N4O/c1-11(2)9-21-8-7-14-15(10-21)19-16(20-17(14)22)12-3-5-13(18)6-4-12/h3-6,11H,7-10,18H2,1-2H3,(H,19,20,22). The Bertz CT molecular complexity index is 718. The molecule has 22 heavy (non-hydrogen) atoms. The van der Waals surface area contributed by atoms with E-state index in [1.54, 1.807) is 0 Å². The van der Waals surface area contributed by atoms with Crippen LogP contribution in [0, 0.1) is 5.92 Å². The molecule has 116 valence electrons. The van der Waals surface area contributed by atoms with Crippen LogP contribution in [-0.4, -0.2) is 28.0 Å². The molecule has 0 spiro atoms. The minimum absolute atomic E-state index is 0.0129. The van der Waals surface area contributed by atoms with Gasteiger partial charge < -0.3 is 10.7 Å². The normalized spacial score (nSPS) is 15.0. The van der Waals surface area contributed by atoms with Gasteiger partial charge in [-0.25, -0.2) is 4.98 Å². The lowest BCUT2D eigenvalue weighted by atomic mass is 10.0. The Hall–Kier alpha value is -2.14. The summed E-state index contributed by atoms with van der Waals surface area (Å²) in [5, 5.41) is 0. The molecule has 0 amide bonds. The van der Waals surface area contributed by atoms with E-state index in [-0.39, 0.29) is 5.56 Å². The summed E-state index contributed by atoms with van der Waals surface area (Å²) in [4.78, 5) is 22.3. The van der Waals surface area contributed by atoms with E-state index in [0.29, 0.717) is 17.4 Å². The lowest BCUT2D eigenvalue weighted by molar-refractivity contribution is 0.222. The summed E-state index contributed by atoms with van der Waals surface area (Å²) in [7, 11) is 0. The van der Waals surface area contributed by atoms with E-state index in [0.717, 1.165) is 42.9 Å². The smallest absolute Gasteiger partial charge is 0.254 e. The van der Waals surface area contributed by atoms with Crippen LogP contribution in [0.1, 0.15) is 25.1 Å². The lowest BCUT2D eigenvalue weighted by Crippen LogP contribution is -2.37. The van der Waals surface area contributed by atoms with Crippen molar-refractivity contribution in [2.24, 2.45) is 5.92 Å². The van der Waals surface area contributed by atoms with Gasteiger partial charge in [-0.1, -0.05) is 13.8 Å². The molecule has 1 aromatic heterocycles. The average molecular weight is 298 g/mol. The molecule has 0 unspecified atom stereocenters. The fourth-order valence-corrected chi connectivity index (χ4v) is 2.94. The SMILES string of the molecule is CC(C)CN1CCc2c(nc(-c3ccc(N)cc3)[nH]c2=O)C1. The van der Waals surface area contributed by atoms with E-state index in [9.17, 15) is 4.79 Å². The van der Waals surface area contributed by atoms with Crippen LogP contribution in [0.2, 0.25) is 0 Å². The van der Waals surface area contributed by atoms with Crippen molar-refractivity contribution in [3.8, 4) is 11.4 Å². The molecule has 0 saturated heterocycles. The maximum Gasteiger partial charge on any atom is 0.254 e. The zero-order chi connectivity index (χ0) is 15.7. The van der Waals surface area contributed by atoms with Crippen LogP contribution in [0.4, 0.5) is 5.69 Å². The number of hydrogen-bond acceptors (Lipinski definition) is 4. The summed E-state index contributed by atoms with van der Waals surface area (Å²) in [6.07, 6.45) is 0.770. The number of anilines is 1. The largest absolute Gasteiger partial charge is 0.399 e.